The molecule has 40 heavy (non-hydrogen) atoms. The summed E-state index contributed by atoms with van der Waals surface area (Å²) in [5.74, 6) is -0.329. The number of rotatable bonds is 4. The average molecular weight is 537 g/mol. The van der Waals surface area contributed by atoms with Crippen LogP contribution in [0.15, 0.2) is 72.8 Å². The van der Waals surface area contributed by atoms with E-state index in [4.69, 9.17) is 0 Å². The van der Waals surface area contributed by atoms with Gasteiger partial charge in [-0.1, -0.05) is 60.7 Å². The number of carbonyl (C=O) groups is 3. The third-order valence-electron chi connectivity index (χ3n) is 8.17. The maximum absolute atomic E-state index is 13.7. The Kier molecular flexibility index (Phi) is 5.98. The molecule has 0 saturated carbocycles. The first-order valence-electron chi connectivity index (χ1n) is 13.4. The van der Waals surface area contributed by atoms with Crippen molar-refractivity contribution in [3.63, 3.8) is 0 Å². The lowest BCUT2D eigenvalue weighted by atomic mass is 9.64. The maximum Gasteiger partial charge on any atom is 0.274 e. The number of aromatic nitrogens is 4. The summed E-state index contributed by atoms with van der Waals surface area (Å²) in [5.41, 5.74) is 2.52. The van der Waals surface area contributed by atoms with Gasteiger partial charge in [0.1, 0.15) is 0 Å². The predicted molar refractivity (Wildman–Crippen MR) is 150 cm³/mol. The van der Waals surface area contributed by atoms with Crippen molar-refractivity contribution in [3.05, 3.63) is 84.2 Å². The van der Waals surface area contributed by atoms with Crippen LogP contribution in [0.3, 0.4) is 0 Å². The predicted octanol–water partition coefficient (Wildman–Crippen LogP) is 3.68. The van der Waals surface area contributed by atoms with Gasteiger partial charge in [-0.2, -0.15) is 10.2 Å². The topological polar surface area (TPSA) is 93.3 Å². The Balaban J connectivity index is 1.24. The summed E-state index contributed by atoms with van der Waals surface area (Å²) in [6.07, 6.45) is 0. The molecule has 9 heteroatoms. The number of benzene rings is 2. The Hall–Kier alpha value is -4.53. The third kappa shape index (κ3) is 4.22. The number of nitrogens with zero attached hydrogens (tertiary/aromatic N) is 6. The molecule has 0 unspecified atom stereocenters. The number of Topliss-reactive ketones (excluding diaryl/α,β-unsaturated/α-hetero) is 1. The quantitative estimate of drug-likeness (QED) is 0.397. The third-order valence-corrected chi connectivity index (χ3v) is 8.17. The number of hydrogen-bond donors (Lipinski definition) is 0. The van der Waals surface area contributed by atoms with Gasteiger partial charge in [0.2, 0.25) is 0 Å². The number of aryl methyl sites for hydroxylation is 2. The Morgan fingerprint density at radius 3 is 1.35 bits per heavy atom. The number of ketones is 1. The molecule has 2 aliphatic heterocycles. The summed E-state index contributed by atoms with van der Waals surface area (Å²) in [7, 11) is 3.64. The number of carbonyl (C=O) groups excluding carboxylic acids is 3. The van der Waals surface area contributed by atoms with Gasteiger partial charge in [0.25, 0.3) is 11.8 Å². The number of piperidine rings is 2. The highest BCUT2D eigenvalue weighted by molar-refractivity contribution is 6.00. The summed E-state index contributed by atoms with van der Waals surface area (Å²) in [5, 5.41) is 9.01. The maximum atomic E-state index is 13.7. The van der Waals surface area contributed by atoms with Crippen molar-refractivity contribution in [3.8, 4) is 22.5 Å². The summed E-state index contributed by atoms with van der Waals surface area (Å²) in [6, 6.07) is 23.2. The molecule has 2 aliphatic rings. The van der Waals surface area contributed by atoms with Crippen molar-refractivity contribution in [1.82, 2.24) is 29.4 Å². The van der Waals surface area contributed by atoms with Crippen LogP contribution in [0.1, 0.15) is 34.8 Å². The van der Waals surface area contributed by atoms with Gasteiger partial charge < -0.3 is 9.80 Å². The second kappa shape index (κ2) is 9.29. The minimum atomic E-state index is -0.898. The van der Waals surface area contributed by atoms with Crippen molar-refractivity contribution < 1.29 is 14.4 Å². The first-order valence-corrected chi connectivity index (χ1v) is 13.4. The Morgan fingerprint density at radius 1 is 0.650 bits per heavy atom. The molecule has 4 aromatic rings. The molecule has 9 nitrogen and oxygen atoms in total. The van der Waals surface area contributed by atoms with Crippen molar-refractivity contribution >= 4 is 17.6 Å². The molecule has 2 saturated heterocycles. The summed E-state index contributed by atoms with van der Waals surface area (Å²) in [6.45, 7) is 4.59. The van der Waals surface area contributed by atoms with E-state index in [1.165, 1.54) is 0 Å². The SMILES string of the molecule is Cn1nc(C(=O)N2CC3(C)CN(C(=O)c4cc(-c5ccccc5)n(C)n4)CC(C)(C2)C3=O)cc1-c1ccccc1. The van der Waals surface area contributed by atoms with E-state index < -0.39 is 10.8 Å². The average Bonchev–Trinajstić information content (AvgIpc) is 3.53. The molecular formula is C31H32N6O3. The van der Waals surface area contributed by atoms with E-state index in [1.54, 1.807) is 31.3 Å². The van der Waals surface area contributed by atoms with Gasteiger partial charge in [-0.25, -0.2) is 0 Å². The fraction of sp³-hybridized carbons (Fsp3) is 0.323. The Labute approximate surface area is 233 Å². The van der Waals surface area contributed by atoms with Crippen molar-refractivity contribution in [2.45, 2.75) is 13.8 Å². The number of amides is 2. The van der Waals surface area contributed by atoms with E-state index in [0.717, 1.165) is 22.5 Å². The van der Waals surface area contributed by atoms with Crippen LogP contribution >= 0.6 is 0 Å². The van der Waals surface area contributed by atoms with Gasteiger partial charge in [-0.05, 0) is 37.1 Å². The molecule has 2 aromatic heterocycles. The van der Waals surface area contributed by atoms with E-state index in [1.807, 2.05) is 88.6 Å². The fourth-order valence-electron chi connectivity index (χ4n) is 6.43. The standard InChI is InChI=1S/C31H32N6O3/c1-30-17-36(27(38)23-15-25(34(3)32-23)21-11-7-5-8-12-21)19-31(2,29(30)40)20-37(18-30)28(39)24-16-26(35(4)33-24)22-13-9-6-10-14-22/h5-16H,17-20H2,1-4H3. The molecule has 0 N–H and O–H groups in total. The molecule has 2 bridgehead atoms. The largest absolute Gasteiger partial charge is 0.335 e. The minimum absolute atomic E-state index is 0.0880. The molecule has 2 fully saturated rings. The smallest absolute Gasteiger partial charge is 0.274 e. The Morgan fingerprint density at radius 2 is 1.00 bits per heavy atom. The number of hydrogen-bond acceptors (Lipinski definition) is 5. The second-order valence-electron chi connectivity index (χ2n) is 11.6. The van der Waals surface area contributed by atoms with Gasteiger partial charge in [0.05, 0.1) is 22.2 Å². The van der Waals surface area contributed by atoms with Crippen LogP contribution in [-0.4, -0.2) is 73.1 Å². The molecule has 4 heterocycles. The second-order valence-corrected chi connectivity index (χ2v) is 11.6. The zero-order chi connectivity index (χ0) is 28.2. The lowest BCUT2D eigenvalue weighted by molar-refractivity contribution is -0.153. The molecule has 0 aliphatic carbocycles. The van der Waals surface area contributed by atoms with Gasteiger partial charge in [-0.15, -0.1) is 0 Å². The van der Waals surface area contributed by atoms with Crippen LogP contribution in [0.4, 0.5) is 0 Å². The highest BCUT2D eigenvalue weighted by atomic mass is 16.2. The number of fused-ring (bicyclic) bond motifs is 2. The van der Waals surface area contributed by atoms with E-state index in [9.17, 15) is 14.4 Å². The molecule has 0 atom stereocenters. The normalized spacial score (nSPS) is 22.4. The van der Waals surface area contributed by atoms with E-state index in [-0.39, 0.29) is 43.8 Å². The van der Waals surface area contributed by atoms with E-state index >= 15 is 0 Å². The highest BCUT2D eigenvalue weighted by Crippen LogP contribution is 2.43. The zero-order valence-corrected chi connectivity index (χ0v) is 23.2. The van der Waals surface area contributed by atoms with Crippen LogP contribution in [0.5, 0.6) is 0 Å². The van der Waals surface area contributed by atoms with Crippen molar-refractivity contribution in [2.24, 2.45) is 24.9 Å². The first-order chi connectivity index (χ1) is 19.1. The van der Waals surface area contributed by atoms with Crippen LogP contribution in [0.25, 0.3) is 22.5 Å². The van der Waals surface area contributed by atoms with Crippen molar-refractivity contribution in [2.75, 3.05) is 26.2 Å². The molecule has 204 valence electrons. The van der Waals surface area contributed by atoms with Crippen LogP contribution in [0.2, 0.25) is 0 Å². The van der Waals surface area contributed by atoms with E-state index in [2.05, 4.69) is 10.2 Å². The molecular weight excluding hydrogens is 504 g/mol. The minimum Gasteiger partial charge on any atom is -0.335 e. The highest BCUT2D eigenvalue weighted by Gasteiger charge is 2.57. The van der Waals surface area contributed by atoms with Crippen LogP contribution in [0, 0.1) is 10.8 Å². The van der Waals surface area contributed by atoms with Crippen LogP contribution < -0.4 is 0 Å². The van der Waals surface area contributed by atoms with Crippen molar-refractivity contribution in [1.29, 1.82) is 0 Å². The monoisotopic (exact) mass is 536 g/mol. The van der Waals surface area contributed by atoms with Crippen LogP contribution in [-0.2, 0) is 18.9 Å². The van der Waals surface area contributed by atoms with Gasteiger partial charge in [-0.3, -0.25) is 23.7 Å². The summed E-state index contributed by atoms with van der Waals surface area (Å²) < 4.78 is 3.41. The number of likely N-dealkylation sites (tertiary alicyclic amines) is 2. The zero-order valence-electron chi connectivity index (χ0n) is 23.2. The fourth-order valence-corrected chi connectivity index (χ4v) is 6.43. The summed E-state index contributed by atoms with van der Waals surface area (Å²) in [4.78, 5) is 44.4. The Bertz CT molecular complexity index is 1490. The molecule has 2 aromatic carbocycles. The lowest BCUT2D eigenvalue weighted by Crippen LogP contribution is -2.69. The van der Waals surface area contributed by atoms with E-state index in [0.29, 0.717) is 11.4 Å². The molecule has 0 spiro atoms. The molecule has 0 radical (unpaired) electrons. The first kappa shape index (κ1) is 25.7. The lowest BCUT2D eigenvalue weighted by Gasteiger charge is -2.54. The van der Waals surface area contributed by atoms with Gasteiger partial charge in [0.15, 0.2) is 17.2 Å². The molecule has 6 rings (SSSR count). The van der Waals surface area contributed by atoms with Gasteiger partial charge >= 0.3 is 0 Å². The summed E-state index contributed by atoms with van der Waals surface area (Å²) >= 11 is 0. The van der Waals surface area contributed by atoms with Gasteiger partial charge in [0, 0.05) is 40.3 Å². The molecule has 2 amide bonds.